The number of aliphatic hydroxyl groups is 7. The second-order valence-corrected chi connectivity index (χ2v) is 5.11. The van der Waals surface area contributed by atoms with Crippen LogP contribution in [0, 0.1) is 0 Å². The molecule has 2 fully saturated rings. The van der Waals surface area contributed by atoms with E-state index in [9.17, 15) is 30.6 Å². The Morgan fingerprint density at radius 2 is 1.67 bits per heavy atom. The minimum Gasteiger partial charge on any atom is -0.394 e. The van der Waals surface area contributed by atoms with Crippen LogP contribution in [0.5, 0.6) is 0 Å². The van der Waals surface area contributed by atoms with E-state index in [2.05, 4.69) is 0 Å². The van der Waals surface area contributed by atoms with Gasteiger partial charge in [0.1, 0.15) is 43.2 Å². The first-order valence-electron chi connectivity index (χ1n) is 6.45. The molecule has 0 bridgehead atoms. The average molecular weight is 312 g/mol. The Hall–Kier alpha value is -0.400. The average Bonchev–Trinajstić information content (AvgIpc) is 2.73. The zero-order valence-corrected chi connectivity index (χ0v) is 11.0. The van der Waals surface area contributed by atoms with Gasteiger partial charge in [-0.3, -0.25) is 0 Å². The van der Waals surface area contributed by atoms with Gasteiger partial charge in [0.05, 0.1) is 13.2 Å². The van der Waals surface area contributed by atoms with E-state index in [-0.39, 0.29) is 6.61 Å². The minimum absolute atomic E-state index is 0.341. The summed E-state index contributed by atoms with van der Waals surface area (Å²) in [5, 5.41) is 66.7. The molecule has 7 N–H and O–H groups in total. The highest BCUT2D eigenvalue weighted by Crippen LogP contribution is 2.35. The molecular weight excluding hydrogens is 292 g/mol. The number of ether oxygens (including phenoxy) is 3. The highest BCUT2D eigenvalue weighted by atomic mass is 16.8. The van der Waals surface area contributed by atoms with Crippen molar-refractivity contribution in [1.29, 1.82) is 0 Å². The van der Waals surface area contributed by atoms with Gasteiger partial charge in [0.25, 0.3) is 0 Å². The van der Waals surface area contributed by atoms with Crippen LogP contribution < -0.4 is 0 Å². The van der Waals surface area contributed by atoms with Crippen LogP contribution in [0.25, 0.3) is 0 Å². The Labute approximate surface area is 119 Å². The molecule has 21 heavy (non-hydrogen) atoms. The monoisotopic (exact) mass is 312 g/mol. The van der Waals surface area contributed by atoms with E-state index in [1.807, 2.05) is 0 Å². The first-order valence-corrected chi connectivity index (χ1v) is 6.45. The van der Waals surface area contributed by atoms with Crippen LogP contribution in [-0.2, 0) is 14.2 Å². The molecule has 0 aromatic heterocycles. The van der Waals surface area contributed by atoms with E-state index in [1.165, 1.54) is 0 Å². The normalized spacial score (nSPS) is 51.3. The Morgan fingerprint density at radius 3 is 2.19 bits per heavy atom. The summed E-state index contributed by atoms with van der Waals surface area (Å²) in [7, 11) is 0. The number of rotatable bonds is 4. The molecule has 8 atom stereocenters. The Bertz CT molecular complexity index is 354. The van der Waals surface area contributed by atoms with Crippen LogP contribution >= 0.6 is 0 Å². The van der Waals surface area contributed by atoms with Crippen molar-refractivity contribution in [2.75, 3.05) is 19.8 Å². The summed E-state index contributed by atoms with van der Waals surface area (Å²) in [6.07, 6.45) is -10.4. The lowest BCUT2D eigenvalue weighted by Crippen LogP contribution is -2.59. The molecule has 2 rings (SSSR count). The van der Waals surface area contributed by atoms with Gasteiger partial charge < -0.3 is 50.0 Å². The zero-order valence-electron chi connectivity index (χ0n) is 11.0. The van der Waals surface area contributed by atoms with Crippen LogP contribution in [0.1, 0.15) is 0 Å². The van der Waals surface area contributed by atoms with Crippen molar-refractivity contribution in [3.05, 3.63) is 0 Å². The van der Waals surface area contributed by atoms with Crippen molar-refractivity contribution in [2.24, 2.45) is 0 Å². The number of hydrogen-bond acceptors (Lipinski definition) is 10. The molecule has 0 amide bonds. The van der Waals surface area contributed by atoms with Gasteiger partial charge in [0.15, 0.2) is 6.29 Å². The molecule has 10 heteroatoms. The van der Waals surface area contributed by atoms with Crippen molar-refractivity contribution >= 4 is 0 Å². The van der Waals surface area contributed by atoms with Gasteiger partial charge in [0.2, 0.25) is 5.79 Å². The molecule has 124 valence electrons. The third-order valence-corrected chi connectivity index (χ3v) is 3.68. The first kappa shape index (κ1) is 17.0. The molecule has 2 aliphatic rings. The standard InChI is InChI=1S/C11H20O10/c12-1-5-7(16)9(18)11(3-13,20-5)21-10-8(17)6(15)4(14)2-19-10/h4-10,12-18H,1-3H2/t4-,5-,6+,7-,8-,9+,10-,11+/m1/s1. The third kappa shape index (κ3) is 2.92. The number of aliphatic hydroxyl groups excluding tert-OH is 7. The van der Waals surface area contributed by atoms with Crippen LogP contribution in [-0.4, -0.2) is 104 Å². The Balaban J connectivity index is 2.12. The molecule has 2 saturated heterocycles. The van der Waals surface area contributed by atoms with Gasteiger partial charge in [-0.05, 0) is 0 Å². The van der Waals surface area contributed by atoms with Crippen molar-refractivity contribution in [1.82, 2.24) is 0 Å². The molecule has 0 saturated carbocycles. The van der Waals surface area contributed by atoms with E-state index in [0.717, 1.165) is 0 Å². The topological polar surface area (TPSA) is 169 Å². The van der Waals surface area contributed by atoms with E-state index >= 15 is 0 Å². The fourth-order valence-electron chi connectivity index (χ4n) is 2.35. The van der Waals surface area contributed by atoms with Crippen LogP contribution in [0.15, 0.2) is 0 Å². The van der Waals surface area contributed by atoms with E-state index in [4.69, 9.17) is 19.3 Å². The van der Waals surface area contributed by atoms with Crippen molar-refractivity contribution in [3.63, 3.8) is 0 Å². The molecule has 0 radical (unpaired) electrons. The van der Waals surface area contributed by atoms with E-state index < -0.39 is 61.9 Å². The fourth-order valence-corrected chi connectivity index (χ4v) is 2.35. The lowest BCUT2D eigenvalue weighted by molar-refractivity contribution is -0.370. The highest BCUT2D eigenvalue weighted by Gasteiger charge is 2.57. The molecule has 0 unspecified atom stereocenters. The predicted octanol–water partition coefficient (Wildman–Crippen LogP) is -4.76. The molecule has 10 nitrogen and oxygen atoms in total. The first-order chi connectivity index (χ1) is 9.86. The highest BCUT2D eigenvalue weighted by molar-refractivity contribution is 4.97. The lowest BCUT2D eigenvalue weighted by atomic mass is 10.0. The quantitative estimate of drug-likeness (QED) is 0.267. The summed E-state index contributed by atoms with van der Waals surface area (Å²) in [5.41, 5.74) is 0. The lowest BCUT2D eigenvalue weighted by Gasteiger charge is -2.40. The summed E-state index contributed by atoms with van der Waals surface area (Å²) >= 11 is 0. The van der Waals surface area contributed by atoms with Gasteiger partial charge in [-0.1, -0.05) is 0 Å². The number of hydrogen-bond donors (Lipinski definition) is 7. The summed E-state index contributed by atoms with van der Waals surface area (Å²) in [4.78, 5) is 0. The van der Waals surface area contributed by atoms with E-state index in [1.54, 1.807) is 0 Å². The predicted molar refractivity (Wildman–Crippen MR) is 62.6 cm³/mol. The maximum Gasteiger partial charge on any atom is 0.224 e. The third-order valence-electron chi connectivity index (χ3n) is 3.68. The summed E-state index contributed by atoms with van der Waals surface area (Å²) < 4.78 is 15.3. The molecule has 0 aromatic rings. The maximum absolute atomic E-state index is 9.92. The van der Waals surface area contributed by atoms with Gasteiger partial charge in [-0.25, -0.2) is 0 Å². The van der Waals surface area contributed by atoms with Crippen molar-refractivity contribution < 1.29 is 50.0 Å². The van der Waals surface area contributed by atoms with Gasteiger partial charge in [-0.15, -0.1) is 0 Å². The van der Waals surface area contributed by atoms with Crippen LogP contribution in [0.4, 0.5) is 0 Å². The maximum atomic E-state index is 9.92. The smallest absolute Gasteiger partial charge is 0.224 e. The second-order valence-electron chi connectivity index (χ2n) is 5.11. The SMILES string of the molecule is OC[C@H]1O[C@@](CO)(O[C@H]2OC[C@@H](O)[C@H](O)[C@H]2O)[C@@H](O)[C@@H]1O. The Kier molecular flexibility index (Phi) is 5.15. The minimum atomic E-state index is -2.12. The molecule has 2 heterocycles. The summed E-state index contributed by atoms with van der Waals surface area (Å²) in [5.74, 6) is -2.12. The molecule has 0 aliphatic carbocycles. The van der Waals surface area contributed by atoms with Gasteiger partial charge in [-0.2, -0.15) is 0 Å². The van der Waals surface area contributed by atoms with E-state index in [0.29, 0.717) is 0 Å². The summed E-state index contributed by atoms with van der Waals surface area (Å²) in [6.45, 7) is -1.86. The Morgan fingerprint density at radius 1 is 1.00 bits per heavy atom. The summed E-state index contributed by atoms with van der Waals surface area (Å²) in [6, 6.07) is 0. The molecule has 2 aliphatic heterocycles. The van der Waals surface area contributed by atoms with Gasteiger partial charge in [0, 0.05) is 0 Å². The second kappa shape index (κ2) is 6.38. The van der Waals surface area contributed by atoms with Crippen molar-refractivity contribution in [3.8, 4) is 0 Å². The molecule has 0 aromatic carbocycles. The zero-order chi connectivity index (χ0) is 15.8. The largest absolute Gasteiger partial charge is 0.394 e. The molecule has 0 spiro atoms. The van der Waals surface area contributed by atoms with Crippen LogP contribution in [0.3, 0.4) is 0 Å². The fraction of sp³-hybridized carbons (Fsp3) is 1.00. The van der Waals surface area contributed by atoms with Gasteiger partial charge >= 0.3 is 0 Å². The molecular formula is C11H20O10. The van der Waals surface area contributed by atoms with Crippen LogP contribution in [0.2, 0.25) is 0 Å². The van der Waals surface area contributed by atoms with Crippen molar-refractivity contribution in [2.45, 2.75) is 48.7 Å².